The molecule has 5 heterocycles. The van der Waals surface area contributed by atoms with E-state index in [9.17, 15) is 0 Å². The molecule has 13 aromatic rings. The number of aryl methyl sites for hydroxylation is 1. The van der Waals surface area contributed by atoms with Crippen LogP contribution in [0.25, 0.3) is 99.3 Å². The molecule has 7 heteroatoms. The number of para-hydroxylation sites is 6. The summed E-state index contributed by atoms with van der Waals surface area (Å²) in [6.45, 7) is 0. The van der Waals surface area contributed by atoms with Crippen molar-refractivity contribution in [1.29, 1.82) is 0 Å². The van der Waals surface area contributed by atoms with Crippen LogP contribution in [0.2, 0.25) is 0 Å². The standard InChI is InChI=1S/C55H36N6O/c1-57-44-25-10-8-23-41(44)51-50-42-24-9-11-26-45(42)60(37-19-6-3-7-20-37)53(50)52-43-31-30-40(34-48(43)61(55(52)54(51)57)49-29-14-15-32-56-49)62-39-22-16-21-38(33-39)59-35-58(36-17-4-2-5-18-36)46-27-12-13-28-47(46)59/h2-34H,1H3. The van der Waals surface area contributed by atoms with Crippen LogP contribution in [0.15, 0.2) is 200 Å². The lowest BCUT2D eigenvalue weighted by atomic mass is 10.0. The van der Waals surface area contributed by atoms with E-state index >= 15 is 0 Å². The Hall–Kier alpha value is -8.42. The summed E-state index contributed by atoms with van der Waals surface area (Å²) >= 11 is 0. The third kappa shape index (κ3) is 4.93. The maximum atomic E-state index is 6.85. The second kappa shape index (κ2) is 13.3. The smallest absolute Gasteiger partial charge is 0.269 e. The van der Waals surface area contributed by atoms with Crippen molar-refractivity contribution in [2.45, 2.75) is 0 Å². The molecule has 0 fully saturated rings. The van der Waals surface area contributed by atoms with Gasteiger partial charge in [0.05, 0.1) is 50.0 Å². The molecule has 0 aliphatic carbocycles. The molecule has 0 unspecified atom stereocenters. The lowest BCUT2D eigenvalue weighted by Gasteiger charge is -2.12. The fourth-order valence-electron chi connectivity index (χ4n) is 9.86. The minimum Gasteiger partial charge on any atom is -0.458 e. The molecule has 0 saturated heterocycles. The summed E-state index contributed by atoms with van der Waals surface area (Å²) in [5.74, 6) is 2.28. The molecule has 292 valence electrons. The topological polar surface area (TPSA) is 45.7 Å². The fourth-order valence-corrected chi connectivity index (χ4v) is 9.86. The lowest BCUT2D eigenvalue weighted by molar-refractivity contribution is -0.572. The van der Waals surface area contributed by atoms with Crippen molar-refractivity contribution in [3.8, 4) is 34.4 Å². The van der Waals surface area contributed by atoms with Gasteiger partial charge in [0.2, 0.25) is 0 Å². The molecule has 62 heavy (non-hydrogen) atoms. The summed E-state index contributed by atoms with van der Waals surface area (Å²) < 4.78 is 18.2. The summed E-state index contributed by atoms with van der Waals surface area (Å²) in [7, 11) is 2.20. The van der Waals surface area contributed by atoms with Crippen LogP contribution in [0.3, 0.4) is 0 Å². The van der Waals surface area contributed by atoms with Gasteiger partial charge >= 0.3 is 0 Å². The summed E-state index contributed by atoms with van der Waals surface area (Å²) in [5, 5.41) is 7.18. The van der Waals surface area contributed by atoms with E-state index in [1.807, 2.05) is 30.5 Å². The van der Waals surface area contributed by atoms with Crippen LogP contribution in [0, 0.1) is 6.33 Å². The first-order valence-corrected chi connectivity index (χ1v) is 20.9. The first kappa shape index (κ1) is 34.4. The van der Waals surface area contributed by atoms with Gasteiger partial charge in [-0.25, -0.2) is 4.98 Å². The molecule has 13 rings (SSSR count). The van der Waals surface area contributed by atoms with Gasteiger partial charge in [0.15, 0.2) is 0 Å². The quantitative estimate of drug-likeness (QED) is 0.124. The number of hydrogen-bond acceptors (Lipinski definition) is 2. The highest BCUT2D eigenvalue weighted by Crippen LogP contribution is 2.49. The first-order valence-electron chi connectivity index (χ1n) is 20.9. The predicted molar refractivity (Wildman–Crippen MR) is 251 cm³/mol. The van der Waals surface area contributed by atoms with E-state index in [1.54, 1.807) is 0 Å². The first-order chi connectivity index (χ1) is 30.7. The monoisotopic (exact) mass is 796 g/mol. The molecule has 5 aromatic heterocycles. The van der Waals surface area contributed by atoms with Crippen LogP contribution in [0.5, 0.6) is 11.5 Å². The minimum atomic E-state index is 0.724. The van der Waals surface area contributed by atoms with Gasteiger partial charge in [0, 0.05) is 62.8 Å². The molecular weight excluding hydrogens is 761 g/mol. The molecule has 0 aliphatic rings. The number of aromatic nitrogens is 6. The molecule has 0 amide bonds. The van der Waals surface area contributed by atoms with Crippen LogP contribution in [-0.4, -0.2) is 23.3 Å². The van der Waals surface area contributed by atoms with Crippen LogP contribution >= 0.6 is 0 Å². The zero-order chi connectivity index (χ0) is 40.9. The third-order valence-electron chi connectivity index (χ3n) is 12.4. The van der Waals surface area contributed by atoms with E-state index in [0.717, 1.165) is 78.3 Å². The molecule has 0 radical (unpaired) electrons. The minimum absolute atomic E-state index is 0.724. The van der Waals surface area contributed by atoms with Crippen molar-refractivity contribution in [2.24, 2.45) is 7.05 Å². The number of imidazole rings is 1. The molecule has 8 aromatic carbocycles. The highest BCUT2D eigenvalue weighted by Gasteiger charge is 2.28. The molecule has 0 aliphatic heterocycles. The maximum Gasteiger partial charge on any atom is 0.269 e. The highest BCUT2D eigenvalue weighted by atomic mass is 16.5. The zero-order valence-corrected chi connectivity index (χ0v) is 33.6. The zero-order valence-electron chi connectivity index (χ0n) is 33.6. The van der Waals surface area contributed by atoms with Gasteiger partial charge in [-0.2, -0.15) is 0 Å². The average molecular weight is 797 g/mol. The van der Waals surface area contributed by atoms with Crippen molar-refractivity contribution in [2.75, 3.05) is 0 Å². The van der Waals surface area contributed by atoms with Gasteiger partial charge in [-0.15, -0.1) is 0 Å². The van der Waals surface area contributed by atoms with E-state index in [4.69, 9.17) is 9.72 Å². The molecular formula is C55H36N6O. The van der Waals surface area contributed by atoms with E-state index < -0.39 is 0 Å². The molecule has 7 nitrogen and oxygen atoms in total. The van der Waals surface area contributed by atoms with E-state index in [1.165, 1.54) is 32.6 Å². The second-order valence-corrected chi connectivity index (χ2v) is 15.8. The molecule has 0 saturated carbocycles. The van der Waals surface area contributed by atoms with Crippen LogP contribution in [0.4, 0.5) is 0 Å². The maximum absolute atomic E-state index is 6.85. The van der Waals surface area contributed by atoms with Gasteiger partial charge in [-0.05, 0) is 78.9 Å². The Balaban J connectivity index is 1.09. The van der Waals surface area contributed by atoms with E-state index in [-0.39, 0.29) is 0 Å². The van der Waals surface area contributed by atoms with Gasteiger partial charge in [-0.3, -0.25) is 13.7 Å². The number of fused-ring (bicyclic) bond motifs is 13. The van der Waals surface area contributed by atoms with Gasteiger partial charge < -0.3 is 13.9 Å². The van der Waals surface area contributed by atoms with Gasteiger partial charge in [-0.1, -0.05) is 109 Å². The Morgan fingerprint density at radius 2 is 1.11 bits per heavy atom. The number of pyridine rings is 1. The molecule has 0 N–H and O–H groups in total. The highest BCUT2D eigenvalue weighted by molar-refractivity contribution is 6.40. The summed E-state index contributed by atoms with van der Waals surface area (Å²) in [6.07, 6.45) is 5.49. The largest absolute Gasteiger partial charge is 0.458 e. The second-order valence-electron chi connectivity index (χ2n) is 15.8. The normalized spacial score (nSPS) is 12.0. The van der Waals surface area contributed by atoms with Crippen LogP contribution in [0.1, 0.15) is 0 Å². The lowest BCUT2D eigenvalue weighted by Crippen LogP contribution is -2.29. The van der Waals surface area contributed by atoms with Gasteiger partial charge in [0.1, 0.15) is 17.3 Å². The van der Waals surface area contributed by atoms with Crippen molar-refractivity contribution in [3.05, 3.63) is 207 Å². The molecule has 0 spiro atoms. The molecule has 0 atom stereocenters. The third-order valence-corrected chi connectivity index (χ3v) is 12.4. The summed E-state index contributed by atoms with van der Waals surface area (Å²) in [4.78, 5) is 5.02. The molecule has 0 bridgehead atoms. The van der Waals surface area contributed by atoms with E-state index in [2.05, 4.69) is 206 Å². The number of rotatable bonds is 6. The van der Waals surface area contributed by atoms with Crippen LogP contribution in [-0.2, 0) is 7.05 Å². The predicted octanol–water partition coefficient (Wildman–Crippen LogP) is 12.7. The number of ether oxygens (including phenoxy) is 1. The summed E-state index contributed by atoms with van der Waals surface area (Å²) in [5.41, 5.74) is 12.0. The SMILES string of the molecule is Cn1c2ccccc2c2c3c4ccccc4n(-c4ccccc4)c3c3c4ccc(Oc5cccc(-[n+]6[c-]n(-c7ccccc7)c7ccccc76)c5)cc4n(-c4ccccn4)c3c21. The average Bonchev–Trinajstić information content (AvgIpc) is 4.07. The Labute approximate surface area is 355 Å². The van der Waals surface area contributed by atoms with Gasteiger partial charge in [0.25, 0.3) is 6.33 Å². The Morgan fingerprint density at radius 3 is 1.90 bits per heavy atom. The number of benzene rings is 8. The number of hydrogen-bond donors (Lipinski definition) is 0. The number of nitrogens with zero attached hydrogens (tertiary/aromatic N) is 6. The Kier molecular flexibility index (Phi) is 7.39. The van der Waals surface area contributed by atoms with Crippen molar-refractivity contribution in [1.82, 2.24) is 23.3 Å². The van der Waals surface area contributed by atoms with Crippen molar-refractivity contribution < 1.29 is 9.30 Å². The van der Waals surface area contributed by atoms with Crippen LogP contribution < -0.4 is 9.30 Å². The van der Waals surface area contributed by atoms with E-state index in [0.29, 0.717) is 0 Å². The Bertz CT molecular complexity index is 3890. The Morgan fingerprint density at radius 1 is 0.468 bits per heavy atom. The van der Waals surface area contributed by atoms with Crippen molar-refractivity contribution >= 4 is 76.5 Å². The van der Waals surface area contributed by atoms with Crippen molar-refractivity contribution in [3.63, 3.8) is 0 Å². The fraction of sp³-hybridized carbons (Fsp3) is 0.0182. The summed E-state index contributed by atoms with van der Waals surface area (Å²) in [6, 6.07) is 68.0.